The third-order valence-electron chi connectivity index (χ3n) is 5.54. The largest absolute Gasteiger partial charge is 0.351 e. The van der Waals surface area contributed by atoms with Crippen LogP contribution < -0.4 is 16.0 Å². The molecule has 0 spiro atoms. The number of nitrogens with zero attached hydrogens (tertiary/aromatic N) is 1. The van der Waals surface area contributed by atoms with Gasteiger partial charge in [0.15, 0.2) is 0 Å². The van der Waals surface area contributed by atoms with Crippen LogP contribution in [0.25, 0.3) is 0 Å². The Morgan fingerprint density at radius 1 is 1.12 bits per heavy atom. The number of hydrogen-bond acceptors (Lipinski definition) is 5. The van der Waals surface area contributed by atoms with Crippen LogP contribution in [0.1, 0.15) is 24.8 Å². The molecular weight excluding hydrogens is 456 g/mol. The van der Waals surface area contributed by atoms with E-state index in [4.69, 9.17) is 11.6 Å². The van der Waals surface area contributed by atoms with Gasteiger partial charge in [0.25, 0.3) is 11.8 Å². The van der Waals surface area contributed by atoms with E-state index in [0.29, 0.717) is 41.4 Å². The fourth-order valence-corrected chi connectivity index (χ4v) is 4.08. The van der Waals surface area contributed by atoms with Crippen molar-refractivity contribution in [1.29, 1.82) is 0 Å². The van der Waals surface area contributed by atoms with Gasteiger partial charge in [0.05, 0.1) is 0 Å². The lowest BCUT2D eigenvalue weighted by atomic mass is 10.0. The lowest BCUT2D eigenvalue weighted by Gasteiger charge is -2.29. The number of carbonyl (C=O) groups excluding carboxylic acids is 4. The molecule has 1 atom stereocenters. The summed E-state index contributed by atoms with van der Waals surface area (Å²) in [5.74, 6) is -1.65. The van der Waals surface area contributed by atoms with Gasteiger partial charge in [-0.25, -0.2) is 0 Å². The maximum absolute atomic E-state index is 12.9. The van der Waals surface area contributed by atoms with Gasteiger partial charge in [0.2, 0.25) is 11.8 Å². The molecule has 8 nitrogen and oxygen atoms in total. The van der Waals surface area contributed by atoms with Gasteiger partial charge in [0, 0.05) is 34.6 Å². The Hall–Kier alpha value is -3.91. The molecule has 1 unspecified atom stereocenters. The molecule has 4 rings (SSSR count). The highest BCUT2D eigenvalue weighted by molar-refractivity contribution is 6.30. The van der Waals surface area contributed by atoms with Crippen molar-refractivity contribution in [3.8, 4) is 0 Å². The highest BCUT2D eigenvalue weighted by Gasteiger charge is 2.41. The van der Waals surface area contributed by atoms with Crippen LogP contribution in [0.4, 0.5) is 11.4 Å². The third kappa shape index (κ3) is 5.35. The molecule has 1 fully saturated rings. The van der Waals surface area contributed by atoms with Crippen molar-refractivity contribution in [3.05, 3.63) is 83.2 Å². The predicted octanol–water partition coefficient (Wildman–Crippen LogP) is 3.37. The summed E-state index contributed by atoms with van der Waals surface area (Å²) in [6, 6.07) is 13.3. The highest BCUT2D eigenvalue weighted by Crippen LogP contribution is 2.24. The number of aryl methyl sites for hydroxylation is 1. The third-order valence-corrected chi connectivity index (χ3v) is 5.78. The molecule has 174 valence electrons. The molecule has 34 heavy (non-hydrogen) atoms. The van der Waals surface area contributed by atoms with Crippen molar-refractivity contribution >= 4 is 46.6 Å². The van der Waals surface area contributed by atoms with Crippen molar-refractivity contribution < 1.29 is 19.2 Å². The number of rotatable bonds is 7. The summed E-state index contributed by atoms with van der Waals surface area (Å²) in [5, 5.41) is 8.92. The normalized spacial score (nSPS) is 18.0. The number of halogens is 1. The molecule has 2 aromatic rings. The number of hydrogen-bond donors (Lipinski definition) is 3. The van der Waals surface area contributed by atoms with Crippen molar-refractivity contribution in [2.75, 3.05) is 10.6 Å². The number of nitrogens with one attached hydrogen (secondary N) is 3. The second-order valence-corrected chi connectivity index (χ2v) is 8.54. The summed E-state index contributed by atoms with van der Waals surface area (Å²) >= 11 is 5.94. The number of allylic oxidation sites excluding steroid dienone is 1. The van der Waals surface area contributed by atoms with Crippen LogP contribution in [-0.4, -0.2) is 34.6 Å². The Kier molecular flexibility index (Phi) is 6.79. The van der Waals surface area contributed by atoms with Gasteiger partial charge in [-0.3, -0.25) is 24.1 Å². The molecule has 2 heterocycles. The average Bonchev–Trinajstić information content (AvgIpc) is 3.05. The van der Waals surface area contributed by atoms with Crippen molar-refractivity contribution in [1.82, 2.24) is 10.2 Å². The monoisotopic (exact) mass is 478 g/mol. The van der Waals surface area contributed by atoms with E-state index in [1.807, 2.05) is 12.1 Å². The Labute approximate surface area is 201 Å². The van der Waals surface area contributed by atoms with E-state index < -0.39 is 23.8 Å². The maximum atomic E-state index is 12.9. The van der Waals surface area contributed by atoms with E-state index in [-0.39, 0.29) is 18.0 Å². The number of imide groups is 1. The number of piperidine rings is 1. The first-order valence-electron chi connectivity index (χ1n) is 10.8. The smallest absolute Gasteiger partial charge is 0.278 e. The van der Waals surface area contributed by atoms with E-state index in [1.165, 1.54) is 6.08 Å². The van der Waals surface area contributed by atoms with Crippen LogP contribution in [-0.2, 0) is 25.6 Å². The standard InChI is InChI=1S/C25H23ClN4O4/c1-15-8-10-21(24(33)27-15)30-23(32)14-20(25(30)34)28-18-6-2-4-16(12-18)9-11-22(31)29-19-7-3-5-17(26)13-19/h2-7,12-14,21,28H,1,8-11H2,(H,27,33)(H,29,31). The molecule has 2 aromatic carbocycles. The zero-order valence-electron chi connectivity index (χ0n) is 18.3. The predicted molar refractivity (Wildman–Crippen MR) is 129 cm³/mol. The summed E-state index contributed by atoms with van der Waals surface area (Å²) in [5.41, 5.74) is 2.78. The molecule has 4 amide bonds. The van der Waals surface area contributed by atoms with E-state index in [2.05, 4.69) is 22.5 Å². The molecule has 1 saturated heterocycles. The molecule has 0 aliphatic carbocycles. The van der Waals surface area contributed by atoms with Gasteiger partial charge in [-0.05, 0) is 55.2 Å². The van der Waals surface area contributed by atoms with Gasteiger partial charge in [-0.15, -0.1) is 0 Å². The van der Waals surface area contributed by atoms with Crippen LogP contribution in [0.15, 0.2) is 72.6 Å². The highest BCUT2D eigenvalue weighted by atomic mass is 35.5. The van der Waals surface area contributed by atoms with Crippen LogP contribution >= 0.6 is 11.6 Å². The summed E-state index contributed by atoms with van der Waals surface area (Å²) in [6.45, 7) is 3.72. The molecule has 0 bridgehead atoms. The van der Waals surface area contributed by atoms with Crippen LogP contribution in [0.2, 0.25) is 5.02 Å². The lowest BCUT2D eigenvalue weighted by Crippen LogP contribution is -2.52. The van der Waals surface area contributed by atoms with Gasteiger partial charge in [-0.1, -0.05) is 36.4 Å². The van der Waals surface area contributed by atoms with Crippen LogP contribution in [0, 0.1) is 0 Å². The van der Waals surface area contributed by atoms with E-state index >= 15 is 0 Å². The second-order valence-electron chi connectivity index (χ2n) is 8.10. The summed E-state index contributed by atoms with van der Waals surface area (Å²) in [6.07, 6.45) is 2.78. The summed E-state index contributed by atoms with van der Waals surface area (Å²) in [7, 11) is 0. The fourth-order valence-electron chi connectivity index (χ4n) is 3.89. The van der Waals surface area contributed by atoms with Gasteiger partial charge in [0.1, 0.15) is 11.7 Å². The zero-order valence-corrected chi connectivity index (χ0v) is 19.0. The molecular formula is C25H23ClN4O4. The first-order valence-corrected chi connectivity index (χ1v) is 11.2. The fraction of sp³-hybridized carbons (Fsp3) is 0.200. The molecule has 0 aromatic heterocycles. The van der Waals surface area contributed by atoms with Gasteiger partial charge < -0.3 is 16.0 Å². The maximum Gasteiger partial charge on any atom is 0.278 e. The number of anilines is 2. The molecule has 2 aliphatic rings. The Bertz CT molecular complexity index is 1220. The minimum Gasteiger partial charge on any atom is -0.351 e. The second kappa shape index (κ2) is 9.93. The SMILES string of the molecule is C=C1CCC(N2C(=O)C=C(Nc3cccc(CCC(=O)Nc4cccc(Cl)c4)c3)C2=O)C(=O)N1. The number of carbonyl (C=O) groups is 4. The minimum absolute atomic E-state index is 0.0954. The summed E-state index contributed by atoms with van der Waals surface area (Å²) < 4.78 is 0. The Morgan fingerprint density at radius 3 is 2.65 bits per heavy atom. The Balaban J connectivity index is 1.36. The Morgan fingerprint density at radius 2 is 1.88 bits per heavy atom. The number of benzene rings is 2. The van der Waals surface area contributed by atoms with Gasteiger partial charge in [-0.2, -0.15) is 0 Å². The molecule has 0 saturated carbocycles. The summed E-state index contributed by atoms with van der Waals surface area (Å²) in [4.78, 5) is 50.8. The number of amides is 4. The van der Waals surface area contributed by atoms with E-state index in [9.17, 15) is 19.2 Å². The first kappa shape index (κ1) is 23.3. The van der Waals surface area contributed by atoms with Crippen molar-refractivity contribution in [2.24, 2.45) is 0 Å². The first-order chi connectivity index (χ1) is 16.3. The molecule has 3 N–H and O–H groups in total. The zero-order chi connectivity index (χ0) is 24.2. The molecule has 9 heteroatoms. The van der Waals surface area contributed by atoms with Crippen LogP contribution in [0.3, 0.4) is 0 Å². The van der Waals surface area contributed by atoms with E-state index in [0.717, 1.165) is 10.5 Å². The molecule has 0 radical (unpaired) electrons. The minimum atomic E-state index is -0.856. The topological polar surface area (TPSA) is 108 Å². The quantitative estimate of drug-likeness (QED) is 0.529. The van der Waals surface area contributed by atoms with Crippen molar-refractivity contribution in [3.63, 3.8) is 0 Å². The average molecular weight is 479 g/mol. The van der Waals surface area contributed by atoms with Gasteiger partial charge >= 0.3 is 0 Å². The molecule has 2 aliphatic heterocycles. The van der Waals surface area contributed by atoms with Crippen LogP contribution in [0.5, 0.6) is 0 Å². The van der Waals surface area contributed by atoms with Crippen molar-refractivity contribution in [2.45, 2.75) is 31.7 Å². The lowest BCUT2D eigenvalue weighted by molar-refractivity contribution is -0.146. The van der Waals surface area contributed by atoms with E-state index in [1.54, 1.807) is 36.4 Å².